The highest BCUT2D eigenvalue weighted by Crippen LogP contribution is 2.42. The molecule has 0 aliphatic rings. The lowest BCUT2D eigenvalue weighted by Gasteiger charge is -2.23. The summed E-state index contributed by atoms with van der Waals surface area (Å²) in [6.07, 6.45) is 0. The van der Waals surface area contributed by atoms with Crippen molar-refractivity contribution in [1.29, 1.82) is 0 Å². The molecule has 0 saturated heterocycles. The molecule has 0 bridgehead atoms. The Labute approximate surface area is 192 Å². The Morgan fingerprint density at radius 2 is 2.00 bits per heavy atom. The van der Waals surface area contributed by atoms with Gasteiger partial charge in [-0.05, 0) is 33.5 Å². The van der Waals surface area contributed by atoms with E-state index in [2.05, 4.69) is 25.6 Å². The van der Waals surface area contributed by atoms with E-state index in [-0.39, 0.29) is 27.5 Å². The van der Waals surface area contributed by atoms with Gasteiger partial charge in [-0.15, -0.1) is 21.5 Å². The quantitative estimate of drug-likeness (QED) is 0.239. The Hall–Kier alpha value is -3.15. The highest BCUT2D eigenvalue weighted by Gasteiger charge is 2.30. The van der Waals surface area contributed by atoms with Crippen molar-refractivity contribution in [2.45, 2.75) is 10.1 Å². The van der Waals surface area contributed by atoms with Gasteiger partial charge in [0.25, 0.3) is 5.91 Å². The average Bonchev–Trinajstić information content (AvgIpc) is 3.42. The molecule has 0 spiro atoms. The van der Waals surface area contributed by atoms with Crippen molar-refractivity contribution in [2.24, 2.45) is 16.6 Å². The van der Waals surface area contributed by atoms with Crippen molar-refractivity contribution in [3.63, 3.8) is 0 Å². The van der Waals surface area contributed by atoms with Crippen molar-refractivity contribution < 1.29 is 22.0 Å². The molecular formula is C17H15N8O5S3-. The third-order valence-electron chi connectivity index (χ3n) is 4.75. The molecule has 0 aliphatic heterocycles. The summed E-state index contributed by atoms with van der Waals surface area (Å²) >= 11 is -1.68. The number of sulfonamides is 1. The number of primary amides is 1. The minimum atomic E-state index is -4.51. The number of nitrogens with one attached hydrogen (secondary N) is 1. The van der Waals surface area contributed by atoms with E-state index in [1.807, 2.05) is 0 Å². The fraction of sp³-hybridized carbons (Fsp3) is 0.118. The highest BCUT2D eigenvalue weighted by atomic mass is 32.2. The molecule has 0 fully saturated rings. The molecule has 7 N–H and O–H groups in total. The van der Waals surface area contributed by atoms with E-state index < -0.39 is 43.7 Å². The maximum absolute atomic E-state index is 12.7. The van der Waals surface area contributed by atoms with Crippen LogP contribution in [0.3, 0.4) is 0 Å². The minimum absolute atomic E-state index is 0.0619. The van der Waals surface area contributed by atoms with E-state index >= 15 is 0 Å². The van der Waals surface area contributed by atoms with Crippen LogP contribution < -0.4 is 16.6 Å². The SMILES string of the molecule is NCC(c1ccc(-c2cccc3sc(C(N)=O)nc23)c(-c2nn[nH]n2)c1S(N)(=O)=O)S(=O)[O-]. The van der Waals surface area contributed by atoms with Crippen molar-refractivity contribution in [1.82, 2.24) is 25.6 Å². The van der Waals surface area contributed by atoms with Crippen molar-refractivity contribution in [3.05, 3.63) is 40.9 Å². The number of rotatable bonds is 7. The number of tetrazole rings is 1. The van der Waals surface area contributed by atoms with Gasteiger partial charge in [0.2, 0.25) is 15.8 Å². The van der Waals surface area contributed by atoms with Crippen LogP contribution in [0, 0.1) is 0 Å². The lowest BCUT2D eigenvalue weighted by molar-refractivity contribution is 0.1000. The van der Waals surface area contributed by atoms with Gasteiger partial charge in [-0.1, -0.05) is 24.3 Å². The number of fused-ring (bicyclic) bond motifs is 1. The number of carbonyl (C=O) groups is 1. The van der Waals surface area contributed by atoms with Crippen molar-refractivity contribution in [2.75, 3.05) is 6.54 Å². The molecule has 0 aliphatic carbocycles. The van der Waals surface area contributed by atoms with E-state index in [1.165, 1.54) is 12.1 Å². The summed E-state index contributed by atoms with van der Waals surface area (Å²) in [5.74, 6) is -0.865. The largest absolute Gasteiger partial charge is 0.772 e. The maximum atomic E-state index is 12.7. The van der Waals surface area contributed by atoms with E-state index in [9.17, 15) is 22.0 Å². The highest BCUT2D eigenvalue weighted by molar-refractivity contribution is 7.89. The maximum Gasteiger partial charge on any atom is 0.277 e. The molecule has 2 unspecified atom stereocenters. The summed E-state index contributed by atoms with van der Waals surface area (Å²) in [6, 6.07) is 7.84. The van der Waals surface area contributed by atoms with Gasteiger partial charge in [0.05, 0.1) is 25.9 Å². The van der Waals surface area contributed by atoms with Crippen molar-refractivity contribution >= 4 is 48.6 Å². The van der Waals surface area contributed by atoms with Crippen molar-refractivity contribution in [3.8, 4) is 22.5 Å². The number of aromatic nitrogens is 5. The van der Waals surface area contributed by atoms with Crippen LogP contribution >= 0.6 is 11.3 Å². The van der Waals surface area contributed by atoms with Gasteiger partial charge in [-0.2, -0.15) is 5.21 Å². The predicted molar refractivity (Wildman–Crippen MR) is 119 cm³/mol. The summed E-state index contributed by atoms with van der Waals surface area (Å²) in [7, 11) is -4.51. The molecule has 0 radical (unpaired) electrons. The predicted octanol–water partition coefficient (Wildman–Crippen LogP) is -0.231. The van der Waals surface area contributed by atoms with Crippen LogP contribution in [0.5, 0.6) is 0 Å². The standard InChI is InChI=1S/C17H16N8O5S3/c18-6-11(32(27)28)9-5-4-7(12(14(9)33(20,29)30)16-22-24-25-23-16)8-2-1-3-10-13(8)21-17(31-10)15(19)26/h1-5,11H,6,18H2,(H2,19,26)(H,27,28)(H2,20,29,30)(H,22,23,24,25)/p-1. The van der Waals surface area contributed by atoms with Gasteiger partial charge in [0.1, 0.15) is 0 Å². The Morgan fingerprint density at radius 3 is 2.58 bits per heavy atom. The van der Waals surface area contributed by atoms with Crippen LogP contribution in [0.2, 0.25) is 0 Å². The number of H-pyrrole nitrogens is 1. The minimum Gasteiger partial charge on any atom is -0.772 e. The van der Waals surface area contributed by atoms with Gasteiger partial charge in [-0.3, -0.25) is 9.00 Å². The van der Waals surface area contributed by atoms with Crippen LogP contribution in [-0.2, 0) is 21.1 Å². The number of hydrogen-bond acceptors (Lipinski definition) is 11. The number of nitrogens with zero attached hydrogens (tertiary/aromatic N) is 4. The molecule has 1 amide bonds. The summed E-state index contributed by atoms with van der Waals surface area (Å²) in [6.45, 7) is -0.396. The first-order valence-electron chi connectivity index (χ1n) is 9.04. The van der Waals surface area contributed by atoms with Gasteiger partial charge < -0.3 is 16.0 Å². The Morgan fingerprint density at radius 1 is 1.24 bits per heavy atom. The lowest BCUT2D eigenvalue weighted by atomic mass is 9.95. The van der Waals surface area contributed by atoms with E-state index in [0.717, 1.165) is 11.3 Å². The second-order valence-corrected chi connectivity index (χ2v) is 10.3. The summed E-state index contributed by atoms with van der Waals surface area (Å²) in [5, 5.41) is 17.7. The first-order chi connectivity index (χ1) is 15.6. The molecule has 4 rings (SSSR count). The second-order valence-electron chi connectivity index (χ2n) is 6.71. The molecule has 33 heavy (non-hydrogen) atoms. The number of hydrogen-bond donors (Lipinski definition) is 4. The molecule has 0 saturated carbocycles. The fourth-order valence-electron chi connectivity index (χ4n) is 3.45. The zero-order chi connectivity index (χ0) is 23.9. The Kier molecular flexibility index (Phi) is 6.04. The summed E-state index contributed by atoms with van der Waals surface area (Å²) < 4.78 is 49.6. The van der Waals surface area contributed by atoms with Gasteiger partial charge in [0.15, 0.2) is 5.01 Å². The Bertz CT molecular complexity index is 1500. The third-order valence-corrected chi connectivity index (χ3v) is 7.71. The topological polar surface area (TPSA) is 237 Å². The summed E-state index contributed by atoms with van der Waals surface area (Å²) in [5.41, 5.74) is 11.8. The lowest BCUT2D eigenvalue weighted by Crippen LogP contribution is -2.23. The number of amides is 1. The second kappa shape index (κ2) is 8.65. The monoisotopic (exact) mass is 507 g/mol. The van der Waals surface area contributed by atoms with Gasteiger partial charge >= 0.3 is 0 Å². The zero-order valence-corrected chi connectivity index (χ0v) is 18.9. The average molecular weight is 508 g/mol. The number of nitrogens with two attached hydrogens (primary N) is 3. The number of thiazole rings is 1. The first-order valence-corrected chi connectivity index (χ1v) is 12.5. The van der Waals surface area contributed by atoms with E-state index in [0.29, 0.717) is 15.8 Å². The molecule has 16 heteroatoms. The third kappa shape index (κ3) is 4.14. The van der Waals surface area contributed by atoms with Gasteiger partial charge in [-0.25, -0.2) is 18.5 Å². The molecular weight excluding hydrogens is 492 g/mol. The molecule has 2 atom stereocenters. The fourth-order valence-corrected chi connectivity index (χ4v) is 5.96. The van der Waals surface area contributed by atoms with Crippen LogP contribution in [0.15, 0.2) is 35.2 Å². The molecule has 13 nitrogen and oxygen atoms in total. The van der Waals surface area contributed by atoms with Crippen LogP contribution in [0.25, 0.3) is 32.7 Å². The number of aromatic amines is 1. The van der Waals surface area contributed by atoms with E-state index in [1.54, 1.807) is 18.2 Å². The normalized spacial score (nSPS) is 13.8. The number of carbonyl (C=O) groups excluding carboxylic acids is 1. The Balaban J connectivity index is 2.15. The first kappa shape index (κ1) is 23.0. The molecule has 2 aromatic heterocycles. The smallest absolute Gasteiger partial charge is 0.277 e. The summed E-state index contributed by atoms with van der Waals surface area (Å²) in [4.78, 5) is 15.4. The molecule has 4 aromatic rings. The zero-order valence-electron chi connectivity index (χ0n) is 16.5. The van der Waals surface area contributed by atoms with Gasteiger partial charge in [0, 0.05) is 12.1 Å². The van der Waals surface area contributed by atoms with Crippen LogP contribution in [0.1, 0.15) is 20.6 Å². The molecule has 2 heterocycles. The number of para-hydroxylation sites is 1. The van der Waals surface area contributed by atoms with E-state index in [4.69, 9.17) is 16.6 Å². The molecule has 2 aromatic carbocycles. The van der Waals surface area contributed by atoms with Crippen LogP contribution in [0.4, 0.5) is 0 Å². The number of benzene rings is 2. The van der Waals surface area contributed by atoms with Crippen LogP contribution in [-0.4, -0.2) is 55.2 Å². The molecule has 172 valence electrons. The number of primary sulfonamides is 1.